The first-order chi connectivity index (χ1) is 10.6. The number of hydrogen-bond donors (Lipinski definition) is 1. The highest BCUT2D eigenvalue weighted by Crippen LogP contribution is 2.19. The number of carbonyl (C=O) groups is 1. The van der Waals surface area contributed by atoms with Crippen molar-refractivity contribution in [3.8, 4) is 0 Å². The lowest BCUT2D eigenvalue weighted by atomic mass is 10.0. The third-order valence-corrected chi connectivity index (χ3v) is 4.72. The Morgan fingerprint density at radius 1 is 1.32 bits per heavy atom. The molecule has 2 aliphatic rings. The molecule has 3 rings (SSSR count). The second kappa shape index (κ2) is 6.79. The van der Waals surface area contributed by atoms with E-state index in [1.807, 2.05) is 13.8 Å². The van der Waals surface area contributed by atoms with Crippen LogP contribution in [0.4, 0.5) is 0 Å². The minimum atomic E-state index is -0.222. The van der Waals surface area contributed by atoms with Gasteiger partial charge in [-0.05, 0) is 39.5 Å². The van der Waals surface area contributed by atoms with E-state index >= 15 is 0 Å². The maximum Gasteiger partial charge on any atom is 0.249 e. The summed E-state index contributed by atoms with van der Waals surface area (Å²) in [5.41, 5.74) is 2.17. The maximum atomic E-state index is 12.1. The van der Waals surface area contributed by atoms with Gasteiger partial charge in [0.05, 0.1) is 5.69 Å². The Morgan fingerprint density at radius 2 is 2.09 bits per heavy atom. The van der Waals surface area contributed by atoms with E-state index in [1.54, 1.807) is 0 Å². The zero-order valence-corrected chi connectivity index (χ0v) is 13.4. The van der Waals surface area contributed by atoms with Crippen molar-refractivity contribution in [3.63, 3.8) is 0 Å². The van der Waals surface area contributed by atoms with Gasteiger partial charge < -0.3 is 14.6 Å². The van der Waals surface area contributed by atoms with E-state index in [4.69, 9.17) is 9.26 Å². The predicted molar refractivity (Wildman–Crippen MR) is 81.4 cm³/mol. The number of aryl methyl sites for hydroxylation is 2. The van der Waals surface area contributed by atoms with Crippen LogP contribution in [0.25, 0.3) is 0 Å². The number of nitrogens with zero attached hydrogens (tertiary/aromatic N) is 2. The lowest BCUT2D eigenvalue weighted by molar-refractivity contribution is -0.131. The number of likely N-dealkylation sites (tertiary alicyclic amines) is 1. The van der Waals surface area contributed by atoms with E-state index in [2.05, 4.69) is 15.4 Å². The fourth-order valence-electron chi connectivity index (χ4n) is 3.27. The van der Waals surface area contributed by atoms with Crippen LogP contribution < -0.4 is 5.32 Å². The van der Waals surface area contributed by atoms with Crippen molar-refractivity contribution in [2.45, 2.75) is 58.2 Å². The number of ether oxygens (including phenoxy) is 1. The Kier molecular flexibility index (Phi) is 4.78. The van der Waals surface area contributed by atoms with E-state index in [9.17, 15) is 4.79 Å². The van der Waals surface area contributed by atoms with Crippen LogP contribution in [0, 0.1) is 13.8 Å². The van der Waals surface area contributed by atoms with Crippen LogP contribution in [-0.4, -0.2) is 47.8 Å². The second-order valence-electron chi connectivity index (χ2n) is 6.36. The minimum Gasteiger partial charge on any atom is -0.368 e. The summed E-state index contributed by atoms with van der Waals surface area (Å²) < 4.78 is 10.7. The summed E-state index contributed by atoms with van der Waals surface area (Å²) in [7, 11) is 0. The van der Waals surface area contributed by atoms with E-state index in [0.717, 1.165) is 56.8 Å². The van der Waals surface area contributed by atoms with Gasteiger partial charge in [-0.1, -0.05) is 5.16 Å². The number of carbonyl (C=O) groups excluding carboxylic acids is 1. The Hall–Kier alpha value is -1.40. The van der Waals surface area contributed by atoms with Gasteiger partial charge in [0.25, 0.3) is 0 Å². The number of rotatable bonds is 4. The molecule has 2 aliphatic heterocycles. The van der Waals surface area contributed by atoms with Gasteiger partial charge >= 0.3 is 0 Å². The Labute approximate surface area is 131 Å². The first-order valence-electron chi connectivity index (χ1n) is 8.19. The summed E-state index contributed by atoms with van der Waals surface area (Å²) >= 11 is 0. The molecule has 1 atom stereocenters. The Morgan fingerprint density at radius 3 is 2.68 bits per heavy atom. The predicted octanol–water partition coefficient (Wildman–Crippen LogP) is 1.55. The molecule has 0 unspecified atom stereocenters. The highest BCUT2D eigenvalue weighted by atomic mass is 16.5. The van der Waals surface area contributed by atoms with E-state index in [0.29, 0.717) is 6.61 Å². The molecule has 1 aromatic rings. The van der Waals surface area contributed by atoms with Crippen LogP contribution in [0.2, 0.25) is 0 Å². The molecular formula is C16H25N3O3. The lowest BCUT2D eigenvalue weighted by Crippen LogP contribution is -2.47. The molecule has 0 saturated carbocycles. The molecule has 2 saturated heterocycles. The highest BCUT2D eigenvalue weighted by Gasteiger charge is 2.27. The number of hydrogen-bond acceptors (Lipinski definition) is 5. The number of aromatic nitrogens is 1. The topological polar surface area (TPSA) is 67.6 Å². The molecule has 0 aromatic carbocycles. The van der Waals surface area contributed by atoms with Crippen molar-refractivity contribution in [2.24, 2.45) is 0 Å². The van der Waals surface area contributed by atoms with Crippen LogP contribution in [0.15, 0.2) is 4.52 Å². The quantitative estimate of drug-likeness (QED) is 0.914. The molecule has 6 heteroatoms. The third kappa shape index (κ3) is 3.50. The molecule has 6 nitrogen and oxygen atoms in total. The van der Waals surface area contributed by atoms with Crippen molar-refractivity contribution in [1.29, 1.82) is 0 Å². The fraction of sp³-hybridized carbons (Fsp3) is 0.750. The summed E-state index contributed by atoms with van der Waals surface area (Å²) in [4.78, 5) is 14.5. The van der Waals surface area contributed by atoms with Crippen molar-refractivity contribution < 1.29 is 14.1 Å². The minimum absolute atomic E-state index is 0.0710. The van der Waals surface area contributed by atoms with Gasteiger partial charge in [0.15, 0.2) is 0 Å². The number of amides is 1. The van der Waals surface area contributed by atoms with Crippen molar-refractivity contribution in [3.05, 3.63) is 17.0 Å². The summed E-state index contributed by atoms with van der Waals surface area (Å²) in [5, 5.41) is 7.15. The highest BCUT2D eigenvalue weighted by molar-refractivity contribution is 5.81. The molecule has 0 bridgehead atoms. The second-order valence-corrected chi connectivity index (χ2v) is 6.36. The van der Waals surface area contributed by atoms with Crippen LogP contribution >= 0.6 is 0 Å². The number of nitrogens with one attached hydrogen (secondary N) is 1. The largest absolute Gasteiger partial charge is 0.368 e. The van der Waals surface area contributed by atoms with Gasteiger partial charge in [-0.3, -0.25) is 9.69 Å². The third-order valence-electron chi connectivity index (χ3n) is 4.72. The van der Waals surface area contributed by atoms with Gasteiger partial charge in [-0.25, -0.2) is 0 Å². The van der Waals surface area contributed by atoms with Crippen LogP contribution in [0.1, 0.15) is 42.7 Å². The van der Waals surface area contributed by atoms with E-state index in [1.165, 1.54) is 5.56 Å². The normalized spacial score (nSPS) is 23.8. The van der Waals surface area contributed by atoms with Gasteiger partial charge in [0, 0.05) is 37.8 Å². The van der Waals surface area contributed by atoms with E-state index < -0.39 is 0 Å². The van der Waals surface area contributed by atoms with Crippen molar-refractivity contribution in [2.75, 3.05) is 19.7 Å². The summed E-state index contributed by atoms with van der Waals surface area (Å²) in [6, 6.07) is 0.276. The molecule has 2 fully saturated rings. The lowest BCUT2D eigenvalue weighted by Gasteiger charge is -2.32. The van der Waals surface area contributed by atoms with Crippen molar-refractivity contribution >= 4 is 5.91 Å². The monoisotopic (exact) mass is 307 g/mol. The zero-order chi connectivity index (χ0) is 15.5. The Balaban J connectivity index is 1.45. The van der Waals surface area contributed by atoms with Crippen LogP contribution in [-0.2, 0) is 16.1 Å². The molecule has 122 valence electrons. The average molecular weight is 307 g/mol. The molecular weight excluding hydrogens is 282 g/mol. The van der Waals surface area contributed by atoms with Gasteiger partial charge in [-0.2, -0.15) is 0 Å². The van der Waals surface area contributed by atoms with Crippen molar-refractivity contribution in [1.82, 2.24) is 15.4 Å². The van der Waals surface area contributed by atoms with Crippen LogP contribution in [0.3, 0.4) is 0 Å². The molecule has 1 aromatic heterocycles. The first kappa shape index (κ1) is 15.5. The van der Waals surface area contributed by atoms with Crippen LogP contribution in [0.5, 0.6) is 0 Å². The fourth-order valence-corrected chi connectivity index (χ4v) is 3.27. The zero-order valence-electron chi connectivity index (χ0n) is 13.4. The van der Waals surface area contributed by atoms with Gasteiger partial charge in [-0.15, -0.1) is 0 Å². The van der Waals surface area contributed by atoms with Gasteiger partial charge in [0.2, 0.25) is 5.91 Å². The standard InChI is InChI=1S/C16H25N3O3/c1-11-14(12(2)22-18-11)10-19-7-5-13(6-8-19)17-16(20)15-4-3-9-21-15/h13,15H,3-10H2,1-2H3,(H,17,20)/t15-/m1/s1. The smallest absolute Gasteiger partial charge is 0.249 e. The SMILES string of the molecule is Cc1noc(C)c1CN1CCC(NC(=O)[C@H]2CCCO2)CC1. The molecule has 22 heavy (non-hydrogen) atoms. The Bertz CT molecular complexity index is 495. The summed E-state index contributed by atoms with van der Waals surface area (Å²) in [6.07, 6.45) is 3.61. The molecule has 1 amide bonds. The molecule has 1 N–H and O–H groups in total. The first-order valence-corrected chi connectivity index (χ1v) is 8.19. The van der Waals surface area contributed by atoms with E-state index in [-0.39, 0.29) is 18.1 Å². The molecule has 0 aliphatic carbocycles. The number of piperidine rings is 1. The average Bonchev–Trinajstić information content (AvgIpc) is 3.15. The molecule has 3 heterocycles. The summed E-state index contributed by atoms with van der Waals surface area (Å²) in [5.74, 6) is 0.980. The van der Waals surface area contributed by atoms with Gasteiger partial charge in [0.1, 0.15) is 11.9 Å². The summed E-state index contributed by atoms with van der Waals surface area (Å²) in [6.45, 7) is 7.52. The molecule has 0 radical (unpaired) electrons. The molecule has 0 spiro atoms. The maximum absolute atomic E-state index is 12.1.